The predicted octanol–water partition coefficient (Wildman–Crippen LogP) is 24.9. The summed E-state index contributed by atoms with van der Waals surface area (Å²) in [5.74, 6) is 2.98. The number of imidazole rings is 2. The number of hydrogen-bond acceptors (Lipinski definition) is 8. The van der Waals surface area contributed by atoms with Gasteiger partial charge < -0.3 is 18.6 Å². The van der Waals surface area contributed by atoms with Crippen molar-refractivity contribution in [2.75, 3.05) is 0 Å². The van der Waals surface area contributed by atoms with Gasteiger partial charge in [0, 0.05) is 106 Å². The Labute approximate surface area is 724 Å². The average Bonchev–Trinajstić information content (AvgIpc) is 1.34. The van der Waals surface area contributed by atoms with Gasteiger partial charge in [0.25, 0.3) is 12.7 Å². The Hall–Kier alpha value is -12.4. The molecule has 0 spiro atoms. The van der Waals surface area contributed by atoms with Crippen molar-refractivity contribution in [2.45, 2.75) is 40.5 Å². The Bertz CT molecular complexity index is 7430. The molecule has 0 aliphatic rings. The Morgan fingerprint density at radius 3 is 1.14 bits per heavy atom. The molecule has 14 aromatic carbocycles. The fourth-order valence-corrected chi connectivity index (χ4v) is 17.5. The minimum atomic E-state index is -0.571. The van der Waals surface area contributed by atoms with Gasteiger partial charge in [-0.25, -0.2) is 9.97 Å². The van der Waals surface area contributed by atoms with Crippen molar-refractivity contribution in [3.8, 4) is 113 Å². The van der Waals surface area contributed by atoms with Crippen LogP contribution >= 0.6 is 22.7 Å². The smallest absolute Gasteiger partial charge is 0.268 e. The van der Waals surface area contributed by atoms with Crippen LogP contribution in [0, 0.1) is 48.8 Å². The molecule has 568 valence electrons. The van der Waals surface area contributed by atoms with Crippen molar-refractivity contribution in [1.82, 2.24) is 29.1 Å². The van der Waals surface area contributed by atoms with E-state index in [-0.39, 0.29) is 70.1 Å². The standard InChI is InChI=1S/2C51H36N4OS.2Pt/c2*1-34(2)29-38-20-12-26-44-48-51(57-50(38)44)47(52-32-53-48)37-19-11-22-40(30-37)56-41-23-13-21-39(31-41)54-33-55(46-28-10-9-27-45(46)54)49-42(35-15-5-3-6-16-35)24-14-25-43(49)36-17-7-4-8-18-36;;/h2*3-28,32,34H,29H2,1-2H3;;/q2*-2;;/i3D,4D,5D,6D,7D,8D,15D,16D,17D,18D;;;. The summed E-state index contributed by atoms with van der Waals surface area (Å²) in [5, 5.41) is 2.27. The van der Waals surface area contributed by atoms with E-state index < -0.39 is 60.4 Å². The maximum atomic E-state index is 8.97. The largest absolute Gasteiger partial charge is 0.503 e. The molecule has 6 aromatic heterocycles. The third-order valence-corrected chi connectivity index (χ3v) is 22.4. The van der Waals surface area contributed by atoms with Crippen LogP contribution in [-0.2, 0) is 55.0 Å². The van der Waals surface area contributed by atoms with Gasteiger partial charge in [-0.2, -0.15) is 24.3 Å². The number of fused-ring (bicyclic) bond motifs is 8. The number of ether oxygens (including phenoxy) is 2. The maximum absolute atomic E-state index is 8.97. The van der Waals surface area contributed by atoms with Crippen LogP contribution < -0.4 is 18.6 Å². The van der Waals surface area contributed by atoms with Crippen LogP contribution in [0.5, 0.6) is 23.0 Å². The van der Waals surface area contributed by atoms with E-state index in [1.54, 1.807) is 93.0 Å². The Kier molecular flexibility index (Phi) is 18.8. The third kappa shape index (κ3) is 15.0. The first kappa shape index (κ1) is 64.9. The zero-order valence-electron chi connectivity index (χ0n) is 72.8. The second kappa shape index (κ2) is 33.6. The molecule has 0 N–H and O–H groups in total. The second-order valence-electron chi connectivity index (χ2n) is 28.3. The number of rotatable bonds is 18. The van der Waals surface area contributed by atoms with Crippen molar-refractivity contribution in [1.29, 1.82) is 0 Å². The molecule has 0 saturated carbocycles. The van der Waals surface area contributed by atoms with Gasteiger partial charge in [0.15, 0.2) is 0 Å². The van der Waals surface area contributed by atoms with Crippen LogP contribution in [-0.4, -0.2) is 29.1 Å². The molecule has 0 unspecified atom stereocenters. The molecule has 0 atom stereocenters. The van der Waals surface area contributed by atoms with Gasteiger partial charge in [-0.1, -0.05) is 282 Å². The quantitative estimate of drug-likeness (QED) is 0.0628. The van der Waals surface area contributed by atoms with Gasteiger partial charge in [-0.15, -0.1) is 94.5 Å². The number of aromatic nitrogens is 8. The van der Waals surface area contributed by atoms with Crippen LogP contribution in [0.2, 0.25) is 0 Å². The third-order valence-electron chi connectivity index (χ3n) is 19.8. The molecule has 116 heavy (non-hydrogen) atoms. The SMILES string of the molecule is CC(C)Cc1cccc2c1sc1c(-c3[c-]c(Oc4[c-]c(-n5[c-][n+](-c6c(-c7ccccc7)cccc6-c6ccccc6)c6ccccc65)ccc4)ccc3)ncnc12.[2H]c1c([2H])c([2H])c(-c2cccc(-c3c([2H])c([2H])c([2H])c([2H])c3[2H])c2-[n+]2[c-]n(-c3[c-]c(Oc4[c-]c(-c5ncnc6c5sc5c(CC(C)C)cccc56)ccc4)ccc3)c3ccccc32)c([2H])c1[2H].[Pt].[Pt]. The Morgan fingerprint density at radius 1 is 0.362 bits per heavy atom. The number of benzene rings is 14. The molecule has 10 nitrogen and oxygen atoms in total. The molecule has 0 bridgehead atoms. The average molecular weight is 1910 g/mol. The molecular formula is C102H72N8O2Pt2S2-4. The summed E-state index contributed by atoms with van der Waals surface area (Å²) in [5.41, 5.74) is 17.9. The van der Waals surface area contributed by atoms with Crippen LogP contribution in [0.15, 0.2) is 328 Å². The van der Waals surface area contributed by atoms with Crippen LogP contribution in [0.25, 0.3) is 152 Å². The fraction of sp³-hybridized carbons (Fsp3) is 0.0784. The minimum Gasteiger partial charge on any atom is -0.503 e. The maximum Gasteiger partial charge on any atom is 0.268 e. The van der Waals surface area contributed by atoms with E-state index in [0.717, 1.165) is 106 Å². The molecule has 20 aromatic rings. The first-order valence-electron chi connectivity index (χ1n) is 42.5. The van der Waals surface area contributed by atoms with Crippen molar-refractivity contribution < 1.29 is 74.4 Å². The number of nitrogens with zero attached hydrogens (tertiary/aromatic N) is 8. The summed E-state index contributed by atoms with van der Waals surface area (Å²) in [4.78, 5) is 18.9. The minimum absolute atomic E-state index is 0. The summed E-state index contributed by atoms with van der Waals surface area (Å²) >= 11 is 3.44. The summed E-state index contributed by atoms with van der Waals surface area (Å²) in [6.07, 6.45) is 12.3. The van der Waals surface area contributed by atoms with E-state index in [0.29, 0.717) is 51.6 Å². The molecule has 0 fully saturated rings. The molecular weight excluding hydrogens is 1820 g/mol. The normalized spacial score (nSPS) is 12.6. The molecule has 6 heterocycles. The molecule has 0 amide bonds. The first-order chi connectivity index (χ1) is 60.3. The molecule has 14 heteroatoms. The second-order valence-corrected chi connectivity index (χ2v) is 30.3. The van der Waals surface area contributed by atoms with Gasteiger partial charge in [0.2, 0.25) is 0 Å². The van der Waals surface area contributed by atoms with Gasteiger partial charge in [0.05, 0.1) is 58.2 Å². The fourth-order valence-electron chi connectivity index (χ4n) is 14.9. The van der Waals surface area contributed by atoms with E-state index in [1.807, 2.05) is 66.7 Å². The summed E-state index contributed by atoms with van der Waals surface area (Å²) in [6, 6.07) is 92.3. The van der Waals surface area contributed by atoms with E-state index in [9.17, 15) is 0 Å². The molecule has 20 rings (SSSR count). The first-order valence-corrected chi connectivity index (χ1v) is 39.1. The number of para-hydroxylation sites is 6. The molecule has 0 aliphatic carbocycles. The van der Waals surface area contributed by atoms with E-state index in [4.69, 9.17) is 38.1 Å². The van der Waals surface area contributed by atoms with Crippen LogP contribution in [0.1, 0.15) is 52.5 Å². The van der Waals surface area contributed by atoms with Crippen LogP contribution in [0.4, 0.5) is 0 Å². The van der Waals surface area contributed by atoms with E-state index in [1.165, 1.54) is 25.9 Å². The molecule has 0 aliphatic heterocycles. The number of thiophene rings is 2. The van der Waals surface area contributed by atoms with Crippen molar-refractivity contribution in [3.63, 3.8) is 0 Å². The summed E-state index contributed by atoms with van der Waals surface area (Å²) < 4.78 is 112. The molecule has 0 radical (unpaired) electrons. The van der Waals surface area contributed by atoms with Gasteiger partial charge >= 0.3 is 0 Å². The van der Waals surface area contributed by atoms with Crippen LogP contribution in [0.3, 0.4) is 0 Å². The summed E-state index contributed by atoms with van der Waals surface area (Å²) in [7, 11) is 0. The topological polar surface area (TPSA) is 87.6 Å². The van der Waals surface area contributed by atoms with Crippen molar-refractivity contribution in [3.05, 3.63) is 376 Å². The number of hydrogen-bond donors (Lipinski definition) is 0. The molecule has 0 saturated heterocycles. The summed E-state index contributed by atoms with van der Waals surface area (Å²) in [6.45, 7) is 8.94. The van der Waals surface area contributed by atoms with Gasteiger partial charge in [0.1, 0.15) is 12.7 Å². The zero-order chi connectivity index (χ0) is 85.3. The Balaban J connectivity index is 0.000000177. The van der Waals surface area contributed by atoms with Crippen molar-refractivity contribution in [2.24, 2.45) is 11.8 Å². The van der Waals surface area contributed by atoms with E-state index >= 15 is 0 Å². The monoisotopic (exact) mass is 1900 g/mol. The van der Waals surface area contributed by atoms with Crippen molar-refractivity contribution >= 4 is 85.3 Å². The zero-order valence-corrected chi connectivity index (χ0v) is 69.0. The van der Waals surface area contributed by atoms with E-state index in [2.05, 4.69) is 218 Å². The van der Waals surface area contributed by atoms with Gasteiger partial charge in [-0.05, 0) is 91.7 Å². The van der Waals surface area contributed by atoms with Gasteiger partial charge in [-0.3, -0.25) is 19.1 Å². The predicted molar refractivity (Wildman–Crippen MR) is 462 cm³/mol. The Morgan fingerprint density at radius 2 is 0.724 bits per heavy atom.